The lowest BCUT2D eigenvalue weighted by Gasteiger charge is -2.13. The Kier molecular flexibility index (Phi) is 6.83. The highest BCUT2D eigenvalue weighted by molar-refractivity contribution is 5.95. The van der Waals surface area contributed by atoms with E-state index >= 15 is 0 Å². The number of anilines is 2. The largest absolute Gasteiger partial charge is 0.397 e. The molecule has 112 valence electrons. The smallest absolute Gasteiger partial charge is 0.253 e. The minimum absolute atomic E-state index is 0.0434. The molecule has 0 unspecified atom stereocenters. The highest BCUT2D eigenvalue weighted by Crippen LogP contribution is 2.20. The van der Waals surface area contributed by atoms with Crippen LogP contribution in [0, 0.1) is 0 Å². The fourth-order valence-electron chi connectivity index (χ4n) is 1.68. The second kappa shape index (κ2) is 8.39. The van der Waals surface area contributed by atoms with Crippen molar-refractivity contribution in [2.45, 2.75) is 6.42 Å². The van der Waals surface area contributed by atoms with Gasteiger partial charge in [0.05, 0.1) is 24.6 Å². The average Bonchev–Trinajstić information content (AvgIpc) is 2.43. The number of amides is 1. The molecule has 0 saturated heterocycles. The van der Waals surface area contributed by atoms with Gasteiger partial charge >= 0.3 is 0 Å². The highest BCUT2D eigenvalue weighted by atomic mass is 16.5. The molecule has 0 aliphatic rings. The number of aliphatic hydroxyl groups is 1. The van der Waals surface area contributed by atoms with Crippen LogP contribution in [0.3, 0.4) is 0 Å². The minimum Gasteiger partial charge on any atom is -0.397 e. The van der Waals surface area contributed by atoms with Crippen LogP contribution in [0.4, 0.5) is 11.4 Å². The van der Waals surface area contributed by atoms with Gasteiger partial charge in [0.1, 0.15) is 0 Å². The third-order valence-corrected chi connectivity index (χ3v) is 2.72. The Balaban J connectivity index is 2.46. The highest BCUT2D eigenvalue weighted by Gasteiger charge is 2.09. The van der Waals surface area contributed by atoms with E-state index in [0.717, 1.165) is 18.7 Å². The van der Waals surface area contributed by atoms with Gasteiger partial charge in [0.15, 0.2) is 0 Å². The number of hydrogen-bond acceptors (Lipinski definition) is 5. The molecule has 1 amide bonds. The quantitative estimate of drug-likeness (QED) is 0.484. The number of nitrogen functional groups attached to an aromatic ring is 1. The van der Waals surface area contributed by atoms with E-state index in [1.54, 1.807) is 32.3 Å². The van der Waals surface area contributed by atoms with Gasteiger partial charge in [-0.1, -0.05) is 0 Å². The first-order valence-electron chi connectivity index (χ1n) is 6.60. The SMILES string of the molecule is CN(C)C(=O)c1ccc(NCCCOCCO)c(N)c1. The first-order chi connectivity index (χ1) is 9.56. The molecule has 0 aliphatic heterocycles. The van der Waals surface area contributed by atoms with Gasteiger partial charge in [-0.05, 0) is 24.6 Å². The van der Waals surface area contributed by atoms with Crippen molar-refractivity contribution in [2.24, 2.45) is 0 Å². The maximum absolute atomic E-state index is 11.8. The molecule has 1 rings (SSSR count). The average molecular weight is 281 g/mol. The summed E-state index contributed by atoms with van der Waals surface area (Å²) >= 11 is 0. The fourth-order valence-corrected chi connectivity index (χ4v) is 1.68. The van der Waals surface area contributed by atoms with Gasteiger partial charge in [0.2, 0.25) is 0 Å². The molecule has 0 bridgehead atoms. The standard InChI is InChI=1S/C14H23N3O3/c1-17(2)14(19)11-4-5-13(12(15)10-11)16-6-3-8-20-9-7-18/h4-5,10,16,18H,3,6-9,15H2,1-2H3. The minimum atomic E-state index is -0.0688. The van der Waals surface area contributed by atoms with Crippen molar-refractivity contribution in [3.63, 3.8) is 0 Å². The van der Waals surface area contributed by atoms with Crippen molar-refractivity contribution < 1.29 is 14.6 Å². The summed E-state index contributed by atoms with van der Waals surface area (Å²) in [6, 6.07) is 5.23. The van der Waals surface area contributed by atoms with Gasteiger partial charge in [-0.25, -0.2) is 0 Å². The molecule has 4 N–H and O–H groups in total. The van der Waals surface area contributed by atoms with Crippen LogP contribution in [-0.2, 0) is 4.74 Å². The molecule has 0 saturated carbocycles. The number of nitrogens with zero attached hydrogens (tertiary/aromatic N) is 1. The fraction of sp³-hybridized carbons (Fsp3) is 0.500. The Morgan fingerprint density at radius 2 is 2.15 bits per heavy atom. The number of rotatable bonds is 8. The molecule has 0 atom stereocenters. The van der Waals surface area contributed by atoms with Gasteiger partial charge in [-0.15, -0.1) is 0 Å². The molecule has 0 aromatic heterocycles. The van der Waals surface area contributed by atoms with Gasteiger partial charge in [0, 0.05) is 32.8 Å². The number of benzene rings is 1. The topological polar surface area (TPSA) is 87.8 Å². The lowest BCUT2D eigenvalue weighted by Crippen LogP contribution is -2.21. The number of nitrogens with one attached hydrogen (secondary N) is 1. The summed E-state index contributed by atoms with van der Waals surface area (Å²) in [4.78, 5) is 13.3. The predicted octanol–water partition coefficient (Wildman–Crippen LogP) is 0.782. The van der Waals surface area contributed by atoms with Crippen molar-refractivity contribution in [3.8, 4) is 0 Å². The third kappa shape index (κ3) is 5.07. The first-order valence-corrected chi connectivity index (χ1v) is 6.60. The Morgan fingerprint density at radius 3 is 2.75 bits per heavy atom. The van der Waals surface area contributed by atoms with Crippen LogP contribution < -0.4 is 11.1 Å². The van der Waals surface area contributed by atoms with Crippen molar-refractivity contribution >= 4 is 17.3 Å². The number of aliphatic hydroxyl groups excluding tert-OH is 1. The maximum Gasteiger partial charge on any atom is 0.253 e. The Labute approximate surface area is 119 Å². The molecular weight excluding hydrogens is 258 g/mol. The summed E-state index contributed by atoms with van der Waals surface area (Å²) in [5, 5.41) is 11.8. The summed E-state index contributed by atoms with van der Waals surface area (Å²) in [5.74, 6) is -0.0688. The van der Waals surface area contributed by atoms with Crippen molar-refractivity contribution in [1.29, 1.82) is 0 Å². The second-order valence-corrected chi connectivity index (χ2v) is 4.62. The van der Waals surface area contributed by atoms with E-state index in [4.69, 9.17) is 15.6 Å². The molecule has 0 radical (unpaired) electrons. The third-order valence-electron chi connectivity index (χ3n) is 2.72. The summed E-state index contributed by atoms with van der Waals surface area (Å²) in [6.07, 6.45) is 0.817. The summed E-state index contributed by atoms with van der Waals surface area (Å²) in [6.45, 7) is 1.71. The molecule has 1 aromatic carbocycles. The predicted molar refractivity (Wildman–Crippen MR) is 79.9 cm³/mol. The lowest BCUT2D eigenvalue weighted by molar-refractivity contribution is 0.0827. The van der Waals surface area contributed by atoms with Crippen LogP contribution in [0.5, 0.6) is 0 Å². The normalized spacial score (nSPS) is 10.3. The first kappa shape index (κ1) is 16.3. The van der Waals surface area contributed by atoms with Crippen LogP contribution in [0.1, 0.15) is 16.8 Å². The molecule has 20 heavy (non-hydrogen) atoms. The Bertz CT molecular complexity index is 436. The molecule has 0 fully saturated rings. The van der Waals surface area contributed by atoms with E-state index in [1.165, 1.54) is 4.90 Å². The Hall–Kier alpha value is -1.79. The van der Waals surface area contributed by atoms with Crippen molar-refractivity contribution in [1.82, 2.24) is 4.90 Å². The summed E-state index contributed by atoms with van der Waals surface area (Å²) < 4.78 is 5.16. The van der Waals surface area contributed by atoms with Gasteiger partial charge in [0.25, 0.3) is 5.91 Å². The van der Waals surface area contributed by atoms with Gasteiger partial charge in [-0.3, -0.25) is 4.79 Å². The number of carbonyl (C=O) groups is 1. The van der Waals surface area contributed by atoms with Crippen LogP contribution in [0.2, 0.25) is 0 Å². The van der Waals surface area contributed by atoms with E-state index in [0.29, 0.717) is 24.5 Å². The summed E-state index contributed by atoms with van der Waals surface area (Å²) in [5.41, 5.74) is 7.86. The molecule has 0 aliphatic carbocycles. The van der Waals surface area contributed by atoms with E-state index in [9.17, 15) is 4.79 Å². The molecule has 0 spiro atoms. The molecule has 6 nitrogen and oxygen atoms in total. The zero-order valence-electron chi connectivity index (χ0n) is 12.1. The molecule has 6 heteroatoms. The number of hydrogen-bond donors (Lipinski definition) is 3. The number of carbonyl (C=O) groups excluding carboxylic acids is 1. The zero-order chi connectivity index (χ0) is 15.0. The number of nitrogens with two attached hydrogens (primary N) is 1. The van der Waals surface area contributed by atoms with E-state index < -0.39 is 0 Å². The maximum atomic E-state index is 11.8. The van der Waals surface area contributed by atoms with E-state index in [1.807, 2.05) is 0 Å². The van der Waals surface area contributed by atoms with E-state index in [-0.39, 0.29) is 12.5 Å². The number of ether oxygens (including phenoxy) is 1. The van der Waals surface area contributed by atoms with Gasteiger partial charge in [-0.2, -0.15) is 0 Å². The van der Waals surface area contributed by atoms with Crippen LogP contribution in [0.15, 0.2) is 18.2 Å². The van der Waals surface area contributed by atoms with Gasteiger partial charge < -0.3 is 25.8 Å². The van der Waals surface area contributed by atoms with Crippen molar-refractivity contribution in [3.05, 3.63) is 23.8 Å². The Morgan fingerprint density at radius 1 is 1.40 bits per heavy atom. The molecule has 0 heterocycles. The monoisotopic (exact) mass is 281 g/mol. The second-order valence-electron chi connectivity index (χ2n) is 4.62. The van der Waals surface area contributed by atoms with Crippen molar-refractivity contribution in [2.75, 3.05) is 51.5 Å². The molecular formula is C14H23N3O3. The van der Waals surface area contributed by atoms with E-state index in [2.05, 4.69) is 5.32 Å². The van der Waals surface area contributed by atoms with Crippen LogP contribution in [-0.4, -0.2) is 56.4 Å². The lowest BCUT2D eigenvalue weighted by atomic mass is 10.1. The zero-order valence-corrected chi connectivity index (χ0v) is 12.1. The molecule has 1 aromatic rings. The van der Waals surface area contributed by atoms with Crippen LogP contribution >= 0.6 is 0 Å². The summed E-state index contributed by atoms with van der Waals surface area (Å²) in [7, 11) is 3.41. The van der Waals surface area contributed by atoms with Crippen LogP contribution in [0.25, 0.3) is 0 Å².